The number of carbonyl (C=O) groups excluding carboxylic acids is 1. The highest BCUT2D eigenvalue weighted by Gasteiger charge is 2.25. The number of ether oxygens (including phenoxy) is 1. The van der Waals surface area contributed by atoms with E-state index in [1.165, 1.54) is 6.92 Å². The van der Waals surface area contributed by atoms with Gasteiger partial charge in [0.1, 0.15) is 5.60 Å². The SMILES string of the molecule is CC(=O)OC(C)(C)c1cccnc1C. The Kier molecular flexibility index (Phi) is 2.89. The van der Waals surface area contributed by atoms with Gasteiger partial charge in [-0.1, -0.05) is 6.07 Å². The van der Waals surface area contributed by atoms with Crippen molar-refractivity contribution in [3.05, 3.63) is 29.6 Å². The lowest BCUT2D eigenvalue weighted by atomic mass is 9.97. The molecule has 0 spiro atoms. The molecule has 0 unspecified atom stereocenters. The van der Waals surface area contributed by atoms with Crippen molar-refractivity contribution in [3.8, 4) is 0 Å². The first-order valence-electron chi connectivity index (χ1n) is 4.55. The van der Waals surface area contributed by atoms with Crippen molar-refractivity contribution in [2.24, 2.45) is 0 Å². The van der Waals surface area contributed by atoms with Crippen molar-refractivity contribution in [2.45, 2.75) is 33.3 Å². The van der Waals surface area contributed by atoms with E-state index >= 15 is 0 Å². The van der Waals surface area contributed by atoms with E-state index in [0.29, 0.717) is 0 Å². The Hall–Kier alpha value is -1.38. The van der Waals surface area contributed by atoms with Crippen LogP contribution in [0.1, 0.15) is 32.0 Å². The summed E-state index contributed by atoms with van der Waals surface area (Å²) in [5.41, 5.74) is 1.22. The Bertz CT molecular complexity index is 345. The molecule has 0 radical (unpaired) electrons. The first-order chi connectivity index (χ1) is 6.43. The summed E-state index contributed by atoms with van der Waals surface area (Å²) in [4.78, 5) is 15.1. The molecule has 0 atom stereocenters. The quantitative estimate of drug-likeness (QED) is 0.676. The molecule has 0 aliphatic heterocycles. The first kappa shape index (κ1) is 10.7. The molecule has 1 aromatic heterocycles. The van der Waals surface area contributed by atoms with Gasteiger partial charge in [-0.15, -0.1) is 0 Å². The van der Waals surface area contributed by atoms with Crippen LogP contribution in [0.4, 0.5) is 0 Å². The van der Waals surface area contributed by atoms with E-state index < -0.39 is 5.60 Å². The van der Waals surface area contributed by atoms with Crippen LogP contribution in [0, 0.1) is 6.92 Å². The summed E-state index contributed by atoms with van der Waals surface area (Å²) in [6, 6.07) is 3.76. The van der Waals surface area contributed by atoms with Gasteiger partial charge in [0.05, 0.1) is 0 Å². The maximum Gasteiger partial charge on any atom is 0.303 e. The van der Waals surface area contributed by atoms with Crippen LogP contribution < -0.4 is 0 Å². The molecule has 0 amide bonds. The van der Waals surface area contributed by atoms with E-state index in [0.717, 1.165) is 11.3 Å². The Labute approximate surface area is 84.1 Å². The molecule has 1 rings (SSSR count). The molecule has 3 heteroatoms. The minimum Gasteiger partial charge on any atom is -0.455 e. The molecule has 0 saturated carbocycles. The summed E-state index contributed by atoms with van der Waals surface area (Å²) in [5.74, 6) is -0.279. The number of aromatic nitrogens is 1. The zero-order valence-corrected chi connectivity index (χ0v) is 9.00. The number of rotatable bonds is 2. The van der Waals surface area contributed by atoms with E-state index in [1.54, 1.807) is 6.20 Å². The second-order valence-corrected chi connectivity index (χ2v) is 3.74. The molecule has 0 saturated heterocycles. The summed E-state index contributed by atoms with van der Waals surface area (Å²) in [7, 11) is 0. The van der Waals surface area contributed by atoms with Crippen LogP contribution in [-0.4, -0.2) is 11.0 Å². The second-order valence-electron chi connectivity index (χ2n) is 3.74. The predicted molar refractivity (Wildman–Crippen MR) is 53.8 cm³/mol. The number of pyridine rings is 1. The summed E-state index contributed by atoms with van der Waals surface area (Å²) in [6.07, 6.45) is 1.72. The number of esters is 1. The smallest absolute Gasteiger partial charge is 0.303 e. The van der Waals surface area contributed by atoms with Crippen molar-refractivity contribution in [3.63, 3.8) is 0 Å². The molecule has 3 nitrogen and oxygen atoms in total. The second kappa shape index (κ2) is 3.78. The van der Waals surface area contributed by atoms with Crippen molar-refractivity contribution in [1.29, 1.82) is 0 Å². The van der Waals surface area contributed by atoms with Gasteiger partial charge in [-0.3, -0.25) is 9.78 Å². The van der Waals surface area contributed by atoms with Crippen LogP contribution in [0.15, 0.2) is 18.3 Å². The van der Waals surface area contributed by atoms with Crippen molar-refractivity contribution >= 4 is 5.97 Å². The molecule has 0 N–H and O–H groups in total. The fraction of sp³-hybridized carbons (Fsp3) is 0.455. The van der Waals surface area contributed by atoms with E-state index in [2.05, 4.69) is 4.98 Å². The fourth-order valence-corrected chi connectivity index (χ4v) is 1.53. The van der Waals surface area contributed by atoms with Gasteiger partial charge >= 0.3 is 5.97 Å². The van der Waals surface area contributed by atoms with Crippen molar-refractivity contribution < 1.29 is 9.53 Å². The highest BCUT2D eigenvalue weighted by Crippen LogP contribution is 2.26. The topological polar surface area (TPSA) is 39.2 Å². The summed E-state index contributed by atoms with van der Waals surface area (Å²) in [6.45, 7) is 7.03. The van der Waals surface area contributed by atoms with E-state index in [4.69, 9.17) is 4.74 Å². The van der Waals surface area contributed by atoms with Crippen LogP contribution in [0.3, 0.4) is 0 Å². The van der Waals surface area contributed by atoms with Gasteiger partial charge in [-0.25, -0.2) is 0 Å². The highest BCUT2D eigenvalue weighted by atomic mass is 16.6. The molecular weight excluding hydrogens is 178 g/mol. The van der Waals surface area contributed by atoms with Crippen LogP contribution in [0.25, 0.3) is 0 Å². The third kappa shape index (κ3) is 2.31. The van der Waals surface area contributed by atoms with E-state index in [9.17, 15) is 4.79 Å². The fourth-order valence-electron chi connectivity index (χ4n) is 1.53. The minimum absolute atomic E-state index is 0.279. The number of hydrogen-bond donors (Lipinski definition) is 0. The maximum absolute atomic E-state index is 10.9. The van der Waals surface area contributed by atoms with Crippen LogP contribution >= 0.6 is 0 Å². The van der Waals surface area contributed by atoms with Gasteiger partial charge < -0.3 is 4.74 Å². The van der Waals surface area contributed by atoms with Crippen LogP contribution in [-0.2, 0) is 15.1 Å². The minimum atomic E-state index is -0.607. The lowest BCUT2D eigenvalue weighted by Gasteiger charge is -2.25. The van der Waals surface area contributed by atoms with Crippen LogP contribution in [0.2, 0.25) is 0 Å². The third-order valence-electron chi connectivity index (χ3n) is 2.05. The molecule has 0 aromatic carbocycles. The van der Waals surface area contributed by atoms with Crippen molar-refractivity contribution in [2.75, 3.05) is 0 Å². The van der Waals surface area contributed by atoms with Gasteiger partial charge in [-0.2, -0.15) is 0 Å². The average molecular weight is 193 g/mol. The molecule has 0 aliphatic carbocycles. The molecule has 14 heavy (non-hydrogen) atoms. The van der Waals surface area contributed by atoms with Crippen molar-refractivity contribution in [1.82, 2.24) is 4.98 Å². The zero-order valence-electron chi connectivity index (χ0n) is 9.00. The Morgan fingerprint density at radius 3 is 2.64 bits per heavy atom. The first-order valence-corrected chi connectivity index (χ1v) is 4.55. The summed E-state index contributed by atoms with van der Waals surface area (Å²) >= 11 is 0. The molecule has 0 aliphatic rings. The summed E-state index contributed by atoms with van der Waals surface area (Å²) in [5, 5.41) is 0. The molecular formula is C11H15NO2. The number of hydrogen-bond acceptors (Lipinski definition) is 3. The number of aryl methyl sites for hydroxylation is 1. The van der Waals surface area contributed by atoms with Gasteiger partial charge in [0.15, 0.2) is 0 Å². The molecule has 0 bridgehead atoms. The average Bonchev–Trinajstić information content (AvgIpc) is 2.02. The number of carbonyl (C=O) groups is 1. The highest BCUT2D eigenvalue weighted by molar-refractivity contribution is 5.66. The molecule has 76 valence electrons. The maximum atomic E-state index is 10.9. The zero-order chi connectivity index (χ0) is 10.8. The van der Waals surface area contributed by atoms with Gasteiger partial charge in [0.2, 0.25) is 0 Å². The largest absolute Gasteiger partial charge is 0.455 e. The third-order valence-corrected chi connectivity index (χ3v) is 2.05. The lowest BCUT2D eigenvalue weighted by molar-refractivity contribution is -0.154. The van der Waals surface area contributed by atoms with Gasteiger partial charge in [0, 0.05) is 24.4 Å². The van der Waals surface area contributed by atoms with Gasteiger partial charge in [0.25, 0.3) is 0 Å². The predicted octanol–water partition coefficient (Wildman–Crippen LogP) is 2.19. The van der Waals surface area contributed by atoms with E-state index in [1.807, 2.05) is 32.9 Å². The molecule has 1 heterocycles. The number of nitrogens with zero attached hydrogens (tertiary/aromatic N) is 1. The normalized spacial score (nSPS) is 11.1. The molecule has 0 fully saturated rings. The van der Waals surface area contributed by atoms with Crippen LogP contribution in [0.5, 0.6) is 0 Å². The Morgan fingerprint density at radius 2 is 2.14 bits per heavy atom. The lowest BCUT2D eigenvalue weighted by Crippen LogP contribution is -2.25. The van der Waals surface area contributed by atoms with Gasteiger partial charge in [-0.05, 0) is 26.8 Å². The monoisotopic (exact) mass is 193 g/mol. The van der Waals surface area contributed by atoms with E-state index in [-0.39, 0.29) is 5.97 Å². The standard InChI is InChI=1S/C11H15NO2/c1-8-10(6-5-7-12-8)11(3,4)14-9(2)13/h5-7H,1-4H3. The Morgan fingerprint density at radius 1 is 1.50 bits per heavy atom. The summed E-state index contributed by atoms with van der Waals surface area (Å²) < 4.78 is 5.23. The molecule has 1 aromatic rings. The Balaban J connectivity index is 3.03.